The molecule has 1 fully saturated rings. The first-order valence-electron chi connectivity index (χ1n) is 7.45. The molecule has 0 bridgehead atoms. The third-order valence-corrected chi connectivity index (χ3v) is 7.50. The molecule has 24 heavy (non-hydrogen) atoms. The normalized spacial score (nSPS) is 14.0. The van der Waals surface area contributed by atoms with Gasteiger partial charge in [0.15, 0.2) is 4.34 Å². The van der Waals surface area contributed by atoms with E-state index >= 15 is 0 Å². The topological polar surface area (TPSA) is 59.0 Å². The van der Waals surface area contributed by atoms with Crippen LogP contribution in [0.1, 0.15) is 25.5 Å². The molecule has 5 nitrogen and oxygen atoms in total. The van der Waals surface area contributed by atoms with Gasteiger partial charge >= 0.3 is 0 Å². The summed E-state index contributed by atoms with van der Waals surface area (Å²) in [7, 11) is 0. The minimum Gasteiger partial charge on any atom is -0.284 e. The Hall–Kier alpha value is -1.29. The first kappa shape index (κ1) is 16.2. The third kappa shape index (κ3) is 3.53. The van der Waals surface area contributed by atoms with Crippen molar-refractivity contribution in [1.82, 2.24) is 15.2 Å². The minimum absolute atomic E-state index is 0.0466. The number of thioether (sulfide) groups is 1. The third-order valence-electron chi connectivity index (χ3n) is 3.48. The van der Waals surface area contributed by atoms with Crippen LogP contribution >= 0.6 is 45.8 Å². The van der Waals surface area contributed by atoms with Crippen LogP contribution in [0, 0.1) is 0 Å². The number of hydrogen-bond donors (Lipinski definition) is 0. The molecule has 3 aromatic heterocycles. The summed E-state index contributed by atoms with van der Waals surface area (Å²) in [6, 6.07) is 4.45. The van der Waals surface area contributed by atoms with Crippen molar-refractivity contribution >= 4 is 56.8 Å². The van der Waals surface area contributed by atoms with E-state index < -0.39 is 0 Å². The van der Waals surface area contributed by atoms with E-state index in [9.17, 15) is 4.79 Å². The van der Waals surface area contributed by atoms with E-state index in [1.165, 1.54) is 16.2 Å². The Kier molecular flexibility index (Phi) is 4.66. The van der Waals surface area contributed by atoms with Gasteiger partial charge in [0.05, 0.1) is 10.6 Å². The Morgan fingerprint density at radius 3 is 2.96 bits per heavy atom. The van der Waals surface area contributed by atoms with Crippen LogP contribution < -0.4 is 4.90 Å². The minimum atomic E-state index is 0.0466. The molecule has 4 rings (SSSR count). The lowest BCUT2D eigenvalue weighted by Gasteiger charge is -2.15. The molecule has 3 aromatic rings. The molecule has 0 unspecified atom stereocenters. The zero-order chi connectivity index (χ0) is 16.5. The summed E-state index contributed by atoms with van der Waals surface area (Å²) in [6.45, 7) is 1.59. The van der Waals surface area contributed by atoms with Crippen molar-refractivity contribution in [2.24, 2.45) is 0 Å². The van der Waals surface area contributed by atoms with Crippen molar-refractivity contribution in [3.8, 4) is 9.88 Å². The molecule has 1 amide bonds. The van der Waals surface area contributed by atoms with Crippen LogP contribution in [0.5, 0.6) is 0 Å². The summed E-state index contributed by atoms with van der Waals surface area (Å²) >= 11 is 6.48. The number of aromatic nitrogens is 3. The molecular weight excluding hydrogens is 380 g/mol. The van der Waals surface area contributed by atoms with Crippen LogP contribution in [-0.4, -0.2) is 27.1 Å². The van der Waals surface area contributed by atoms with Crippen molar-refractivity contribution in [2.75, 3.05) is 4.90 Å². The quantitative estimate of drug-likeness (QED) is 0.454. The number of rotatable bonds is 6. The molecule has 0 saturated heterocycles. The van der Waals surface area contributed by atoms with E-state index in [2.05, 4.69) is 32.0 Å². The second kappa shape index (κ2) is 6.91. The van der Waals surface area contributed by atoms with Gasteiger partial charge in [-0.1, -0.05) is 29.2 Å². The molecule has 0 spiro atoms. The number of nitrogens with zero attached hydrogens (tertiary/aromatic N) is 4. The van der Waals surface area contributed by atoms with Gasteiger partial charge in [0.1, 0.15) is 5.01 Å². The molecule has 1 saturated carbocycles. The molecule has 0 aromatic carbocycles. The molecule has 1 aliphatic rings. The Bertz CT molecular complexity index is 837. The smallest absolute Gasteiger partial charge is 0.225 e. The second-order valence-electron chi connectivity index (χ2n) is 5.38. The SMILES string of the molecule is CC(=O)N(c1nnc(SCc2csc(-c3cccs3)n2)s1)C1CC1. The van der Waals surface area contributed by atoms with Crippen molar-refractivity contribution in [1.29, 1.82) is 0 Å². The van der Waals surface area contributed by atoms with Gasteiger partial charge in [0.2, 0.25) is 11.0 Å². The summed E-state index contributed by atoms with van der Waals surface area (Å²) in [5.41, 5.74) is 1.05. The predicted octanol–water partition coefficient (Wildman–Crippen LogP) is 4.53. The molecule has 1 aliphatic carbocycles. The standard InChI is InChI=1S/C15H14N4OS4/c1-9(20)19(11-4-5-11)14-17-18-15(24-14)23-8-10-7-22-13(16-10)12-3-2-6-21-12/h2-3,6-7,11H,4-5,8H2,1H3. The zero-order valence-electron chi connectivity index (χ0n) is 12.8. The first-order valence-corrected chi connectivity index (χ1v) is 11.0. The number of anilines is 1. The lowest BCUT2D eigenvalue weighted by molar-refractivity contribution is -0.116. The predicted molar refractivity (Wildman–Crippen MR) is 101 cm³/mol. The number of carbonyl (C=O) groups excluding carboxylic acids is 1. The Balaban J connectivity index is 1.40. The second-order valence-corrected chi connectivity index (χ2v) is 9.36. The van der Waals surface area contributed by atoms with Crippen molar-refractivity contribution < 1.29 is 4.79 Å². The Morgan fingerprint density at radius 1 is 1.38 bits per heavy atom. The zero-order valence-corrected chi connectivity index (χ0v) is 16.1. The van der Waals surface area contributed by atoms with E-state index in [4.69, 9.17) is 0 Å². The van der Waals surface area contributed by atoms with Crippen LogP contribution in [0.2, 0.25) is 0 Å². The largest absolute Gasteiger partial charge is 0.284 e. The summed E-state index contributed by atoms with van der Waals surface area (Å²) in [5, 5.41) is 14.3. The van der Waals surface area contributed by atoms with Gasteiger partial charge in [0.25, 0.3) is 0 Å². The number of hydrogen-bond acceptors (Lipinski definition) is 8. The van der Waals surface area contributed by atoms with Gasteiger partial charge in [-0.2, -0.15) is 0 Å². The van der Waals surface area contributed by atoms with E-state index in [0.29, 0.717) is 11.2 Å². The van der Waals surface area contributed by atoms with Gasteiger partial charge in [-0.15, -0.1) is 32.9 Å². The van der Waals surface area contributed by atoms with Crippen molar-refractivity contribution in [2.45, 2.75) is 35.9 Å². The maximum Gasteiger partial charge on any atom is 0.225 e. The van der Waals surface area contributed by atoms with Crippen LogP contribution in [0.4, 0.5) is 5.13 Å². The van der Waals surface area contributed by atoms with Crippen LogP contribution in [0.15, 0.2) is 27.2 Å². The lowest BCUT2D eigenvalue weighted by atomic mass is 10.5. The number of amides is 1. The fourth-order valence-electron chi connectivity index (χ4n) is 2.26. The molecule has 3 heterocycles. The molecule has 124 valence electrons. The highest BCUT2D eigenvalue weighted by Gasteiger charge is 2.34. The summed E-state index contributed by atoms with van der Waals surface area (Å²) in [6.07, 6.45) is 2.12. The lowest BCUT2D eigenvalue weighted by Crippen LogP contribution is -2.30. The van der Waals surface area contributed by atoms with Crippen LogP contribution in [-0.2, 0) is 10.5 Å². The monoisotopic (exact) mass is 394 g/mol. The Morgan fingerprint density at radius 2 is 2.25 bits per heavy atom. The van der Waals surface area contributed by atoms with Gasteiger partial charge < -0.3 is 0 Å². The molecule has 9 heteroatoms. The average molecular weight is 395 g/mol. The highest BCUT2D eigenvalue weighted by molar-refractivity contribution is 8.00. The van der Waals surface area contributed by atoms with Crippen LogP contribution in [0.25, 0.3) is 9.88 Å². The molecule has 0 N–H and O–H groups in total. The van der Waals surface area contributed by atoms with E-state index in [-0.39, 0.29) is 5.91 Å². The van der Waals surface area contributed by atoms with Gasteiger partial charge in [0, 0.05) is 24.1 Å². The molecular formula is C15H14N4OS4. The maximum absolute atomic E-state index is 11.8. The van der Waals surface area contributed by atoms with E-state index in [1.54, 1.807) is 46.3 Å². The summed E-state index contributed by atoms with van der Waals surface area (Å²) in [4.78, 5) is 19.4. The Labute approximate surface area is 155 Å². The maximum atomic E-state index is 11.8. The number of thiophene rings is 1. The highest BCUT2D eigenvalue weighted by atomic mass is 32.2. The highest BCUT2D eigenvalue weighted by Crippen LogP contribution is 2.37. The first-order chi connectivity index (χ1) is 11.7. The fourth-order valence-corrected chi connectivity index (χ4v) is 5.85. The van der Waals surface area contributed by atoms with Crippen LogP contribution in [0.3, 0.4) is 0 Å². The number of carbonyl (C=O) groups is 1. The van der Waals surface area contributed by atoms with E-state index in [1.807, 2.05) is 6.07 Å². The fraction of sp³-hybridized carbons (Fsp3) is 0.333. The molecule has 0 atom stereocenters. The van der Waals surface area contributed by atoms with E-state index in [0.717, 1.165) is 33.6 Å². The summed E-state index contributed by atoms with van der Waals surface area (Å²) < 4.78 is 0.877. The van der Waals surface area contributed by atoms with Gasteiger partial charge in [-0.25, -0.2) is 4.98 Å². The summed E-state index contributed by atoms with van der Waals surface area (Å²) in [5.74, 6) is 0.810. The number of thiazole rings is 1. The van der Waals surface area contributed by atoms with Crippen molar-refractivity contribution in [3.05, 3.63) is 28.6 Å². The van der Waals surface area contributed by atoms with Gasteiger partial charge in [-0.05, 0) is 24.3 Å². The van der Waals surface area contributed by atoms with Crippen molar-refractivity contribution in [3.63, 3.8) is 0 Å². The van der Waals surface area contributed by atoms with Gasteiger partial charge in [-0.3, -0.25) is 9.69 Å². The molecule has 0 radical (unpaired) electrons. The molecule has 0 aliphatic heterocycles. The average Bonchev–Trinajstić information content (AvgIpc) is 3.02.